The van der Waals surface area contributed by atoms with Crippen LogP contribution in [0.2, 0.25) is 23.6 Å². The van der Waals surface area contributed by atoms with Crippen molar-refractivity contribution in [1.29, 1.82) is 0 Å². The van der Waals surface area contributed by atoms with Gasteiger partial charge in [0.25, 0.3) is 0 Å². The topological polar surface area (TPSA) is 0 Å². The molecular weight excluding hydrogens is 442 g/mol. The Bertz CT molecular complexity index is 701. The molecule has 0 nitrogen and oxygen atoms in total. The molecule has 3 rings (SSSR count). The summed E-state index contributed by atoms with van der Waals surface area (Å²) in [5.41, 5.74) is 0. The molecular formula is C23H27FSiSn. The van der Waals surface area contributed by atoms with Crippen LogP contribution < -0.4 is 10.7 Å². The molecule has 0 heterocycles. The molecule has 0 aliphatic rings. The standard InChI is InChI=1S/3C6H5.C5H12FSi.Sn/c3*1-2-4-6-5-3-1;1-4-5-7(2,3)6;/h3*1-5H;1,4-5H2,2-3H3;. The van der Waals surface area contributed by atoms with E-state index >= 15 is 0 Å². The van der Waals surface area contributed by atoms with E-state index in [1.807, 2.05) is 13.1 Å². The van der Waals surface area contributed by atoms with E-state index in [-0.39, 0.29) is 0 Å². The van der Waals surface area contributed by atoms with Gasteiger partial charge in [-0.25, -0.2) is 0 Å². The van der Waals surface area contributed by atoms with Crippen molar-refractivity contribution >= 4 is 37.5 Å². The number of hydrogen-bond acceptors (Lipinski definition) is 0. The van der Waals surface area contributed by atoms with Crippen LogP contribution in [0.1, 0.15) is 6.42 Å². The Balaban J connectivity index is 2.15. The predicted molar refractivity (Wildman–Crippen MR) is 117 cm³/mol. The summed E-state index contributed by atoms with van der Waals surface area (Å²) >= 11 is -3.15. The summed E-state index contributed by atoms with van der Waals surface area (Å²) in [6, 6.07) is 33.7. The van der Waals surface area contributed by atoms with Crippen molar-refractivity contribution in [3.63, 3.8) is 0 Å². The van der Waals surface area contributed by atoms with Crippen molar-refractivity contribution in [2.24, 2.45) is 0 Å². The van der Waals surface area contributed by atoms with Gasteiger partial charge in [0.05, 0.1) is 0 Å². The van der Waals surface area contributed by atoms with Gasteiger partial charge in [-0.1, -0.05) is 0 Å². The SMILES string of the molecule is C[Si](C)(F)CC[CH2][Sn]([c]1ccccc1)([c]1ccccc1)[c]1ccccc1. The molecule has 0 saturated heterocycles. The maximum absolute atomic E-state index is 14.3. The van der Waals surface area contributed by atoms with E-state index in [9.17, 15) is 4.11 Å². The zero-order valence-corrected chi connectivity index (χ0v) is 19.5. The quantitative estimate of drug-likeness (QED) is 0.347. The van der Waals surface area contributed by atoms with Gasteiger partial charge in [0.2, 0.25) is 0 Å². The van der Waals surface area contributed by atoms with Crippen LogP contribution in [-0.4, -0.2) is 26.8 Å². The third kappa shape index (κ3) is 4.47. The molecule has 0 N–H and O–H groups in total. The maximum atomic E-state index is 14.3. The fourth-order valence-corrected chi connectivity index (χ4v) is 19.8. The molecule has 0 aromatic heterocycles. The van der Waals surface area contributed by atoms with Crippen LogP contribution in [-0.2, 0) is 0 Å². The molecule has 0 spiro atoms. The van der Waals surface area contributed by atoms with Crippen molar-refractivity contribution in [2.75, 3.05) is 0 Å². The summed E-state index contributed by atoms with van der Waals surface area (Å²) in [5.74, 6) is 0. The van der Waals surface area contributed by atoms with Crippen LogP contribution >= 0.6 is 0 Å². The average molecular weight is 469 g/mol. The normalized spacial score (nSPS) is 12.1. The van der Waals surface area contributed by atoms with Gasteiger partial charge in [-0.15, -0.1) is 0 Å². The van der Waals surface area contributed by atoms with Crippen LogP contribution in [0.3, 0.4) is 0 Å². The first kappa shape index (κ1) is 19.4. The molecule has 3 heteroatoms. The molecule has 0 bridgehead atoms. The van der Waals surface area contributed by atoms with Gasteiger partial charge < -0.3 is 0 Å². The molecule has 0 amide bonds. The summed E-state index contributed by atoms with van der Waals surface area (Å²) < 4.78 is 19.9. The van der Waals surface area contributed by atoms with Crippen LogP contribution in [0.15, 0.2) is 91.0 Å². The zero-order valence-electron chi connectivity index (χ0n) is 15.7. The van der Waals surface area contributed by atoms with E-state index in [1.54, 1.807) is 0 Å². The molecule has 26 heavy (non-hydrogen) atoms. The molecule has 0 fully saturated rings. The van der Waals surface area contributed by atoms with Gasteiger partial charge in [0.15, 0.2) is 0 Å². The first-order valence-corrected chi connectivity index (χ1v) is 18.8. The van der Waals surface area contributed by atoms with Gasteiger partial charge in [0.1, 0.15) is 0 Å². The van der Waals surface area contributed by atoms with Crippen molar-refractivity contribution in [2.45, 2.75) is 30.0 Å². The first-order chi connectivity index (χ1) is 12.5. The fourth-order valence-electron chi connectivity index (χ4n) is 3.87. The van der Waals surface area contributed by atoms with Crippen molar-refractivity contribution in [3.05, 3.63) is 91.0 Å². The molecule has 3 aromatic carbocycles. The average Bonchev–Trinajstić information content (AvgIpc) is 2.67. The molecule has 0 aliphatic carbocycles. The Morgan fingerprint density at radius 3 is 1.31 bits per heavy atom. The number of hydrogen-bond donors (Lipinski definition) is 0. The summed E-state index contributed by atoms with van der Waals surface area (Å²) in [6.45, 7) is 3.66. The summed E-state index contributed by atoms with van der Waals surface area (Å²) in [6.07, 6.45) is 0.977. The molecule has 134 valence electrons. The van der Waals surface area contributed by atoms with Crippen molar-refractivity contribution < 1.29 is 4.11 Å². The molecule has 0 radical (unpaired) electrons. The van der Waals surface area contributed by atoms with Gasteiger partial charge in [-0.2, -0.15) is 0 Å². The monoisotopic (exact) mass is 470 g/mol. The van der Waals surface area contributed by atoms with E-state index in [1.165, 1.54) is 10.7 Å². The molecule has 0 unspecified atom stereocenters. The Morgan fingerprint density at radius 2 is 1.00 bits per heavy atom. The molecule has 0 atom stereocenters. The van der Waals surface area contributed by atoms with E-state index in [0.717, 1.165) is 16.9 Å². The third-order valence-electron chi connectivity index (χ3n) is 5.12. The second-order valence-electron chi connectivity index (χ2n) is 7.58. The number of rotatable bonds is 7. The number of halogens is 1. The third-order valence-corrected chi connectivity index (χ3v) is 21.1. The molecule has 0 saturated carbocycles. The fraction of sp³-hybridized carbons (Fsp3) is 0.217. The predicted octanol–water partition coefficient (Wildman–Crippen LogP) is 4.72. The van der Waals surface area contributed by atoms with Crippen LogP contribution in [0, 0.1) is 0 Å². The Hall–Kier alpha value is -1.39. The zero-order chi connectivity index (χ0) is 18.5. The minimum absolute atomic E-state index is 0.748. The summed E-state index contributed by atoms with van der Waals surface area (Å²) in [5, 5.41) is 0. The second kappa shape index (κ2) is 8.53. The van der Waals surface area contributed by atoms with E-state index in [0.29, 0.717) is 0 Å². The van der Waals surface area contributed by atoms with Crippen LogP contribution in [0.4, 0.5) is 4.11 Å². The van der Waals surface area contributed by atoms with Gasteiger partial charge in [0, 0.05) is 0 Å². The van der Waals surface area contributed by atoms with Crippen LogP contribution in [0.25, 0.3) is 0 Å². The molecule has 3 aromatic rings. The minimum atomic E-state index is -3.15. The Kier molecular flexibility index (Phi) is 6.35. The van der Waals surface area contributed by atoms with Crippen molar-refractivity contribution in [1.82, 2.24) is 0 Å². The van der Waals surface area contributed by atoms with Gasteiger partial charge in [-0.3, -0.25) is 0 Å². The summed E-state index contributed by atoms with van der Waals surface area (Å²) in [7, 11) is -2.53. The van der Waals surface area contributed by atoms with Gasteiger partial charge in [-0.05, 0) is 0 Å². The van der Waals surface area contributed by atoms with E-state index in [4.69, 9.17) is 0 Å². The summed E-state index contributed by atoms with van der Waals surface area (Å²) in [4.78, 5) is 0. The first-order valence-electron chi connectivity index (χ1n) is 9.38. The van der Waals surface area contributed by atoms with E-state index < -0.39 is 26.8 Å². The van der Waals surface area contributed by atoms with Gasteiger partial charge >= 0.3 is 163 Å². The van der Waals surface area contributed by atoms with E-state index in [2.05, 4.69) is 91.0 Å². The van der Waals surface area contributed by atoms with Crippen LogP contribution in [0.5, 0.6) is 0 Å². The second-order valence-corrected chi connectivity index (χ2v) is 23.1. The Labute approximate surface area is 162 Å². The number of benzene rings is 3. The Morgan fingerprint density at radius 1 is 0.654 bits per heavy atom. The molecule has 0 aliphatic heterocycles. The van der Waals surface area contributed by atoms with Crippen molar-refractivity contribution in [3.8, 4) is 0 Å².